The molecular weight excluding hydrogens is 578 g/mol. The van der Waals surface area contributed by atoms with Crippen LogP contribution in [0.5, 0.6) is 0 Å². The highest BCUT2D eigenvalue weighted by molar-refractivity contribution is 9.10. The van der Waals surface area contributed by atoms with Crippen LogP contribution in [-0.2, 0) is 32.6 Å². The Morgan fingerprint density at radius 2 is 1.56 bits per heavy atom. The van der Waals surface area contributed by atoms with Gasteiger partial charge in [-0.25, -0.2) is 8.42 Å². The number of sulfonamides is 1. The molecule has 0 saturated heterocycles. The van der Waals surface area contributed by atoms with Gasteiger partial charge in [0.15, 0.2) is 0 Å². The quantitative estimate of drug-likeness (QED) is 0.345. The zero-order valence-electron chi connectivity index (χ0n) is 23.0. The molecule has 0 aliphatic rings. The largest absolute Gasteiger partial charge is 0.350 e. The average Bonchev–Trinajstić information content (AvgIpc) is 2.84. The maximum Gasteiger partial charge on any atom is 0.244 e. The molecule has 0 spiro atoms. The van der Waals surface area contributed by atoms with E-state index in [1.807, 2.05) is 82.3 Å². The van der Waals surface area contributed by atoms with E-state index in [2.05, 4.69) is 21.2 Å². The van der Waals surface area contributed by atoms with Gasteiger partial charge in [0.05, 0.1) is 11.9 Å². The molecule has 0 aromatic heterocycles. The van der Waals surface area contributed by atoms with Crippen molar-refractivity contribution in [2.45, 2.75) is 52.2 Å². The number of benzene rings is 3. The molecule has 0 aliphatic heterocycles. The van der Waals surface area contributed by atoms with Crippen molar-refractivity contribution < 1.29 is 18.0 Å². The number of hydrogen-bond acceptors (Lipinski definition) is 4. The Morgan fingerprint density at radius 1 is 0.923 bits per heavy atom. The summed E-state index contributed by atoms with van der Waals surface area (Å²) in [5.41, 5.74) is 2.62. The van der Waals surface area contributed by atoms with E-state index < -0.39 is 34.1 Å². The third kappa shape index (κ3) is 9.21. The minimum Gasteiger partial charge on any atom is -0.350 e. The summed E-state index contributed by atoms with van der Waals surface area (Å²) in [6, 6.07) is 23.1. The van der Waals surface area contributed by atoms with E-state index >= 15 is 0 Å². The fourth-order valence-corrected chi connectivity index (χ4v) is 5.37. The number of carbonyl (C=O) groups is 2. The van der Waals surface area contributed by atoms with Gasteiger partial charge < -0.3 is 10.2 Å². The van der Waals surface area contributed by atoms with Crippen LogP contribution < -0.4 is 9.62 Å². The molecule has 208 valence electrons. The zero-order valence-corrected chi connectivity index (χ0v) is 25.4. The van der Waals surface area contributed by atoms with Gasteiger partial charge in [0.2, 0.25) is 21.8 Å². The minimum absolute atomic E-state index is 0.143. The average molecular weight is 615 g/mol. The van der Waals surface area contributed by atoms with Crippen LogP contribution in [0.1, 0.15) is 37.5 Å². The van der Waals surface area contributed by atoms with Gasteiger partial charge in [-0.05, 0) is 57.0 Å². The Labute approximate surface area is 240 Å². The Kier molecular flexibility index (Phi) is 9.96. The third-order valence-corrected chi connectivity index (χ3v) is 7.65. The molecular formula is C30H36BrN3O4S. The molecule has 3 aromatic carbocycles. The van der Waals surface area contributed by atoms with Crippen LogP contribution in [0.3, 0.4) is 0 Å². The first-order valence-electron chi connectivity index (χ1n) is 12.7. The minimum atomic E-state index is -3.81. The first-order valence-corrected chi connectivity index (χ1v) is 15.3. The van der Waals surface area contributed by atoms with Gasteiger partial charge in [-0.1, -0.05) is 82.2 Å². The Balaban J connectivity index is 2.07. The number of nitrogens with zero attached hydrogens (tertiary/aromatic N) is 2. The summed E-state index contributed by atoms with van der Waals surface area (Å²) in [6.07, 6.45) is 1.34. The number of aryl methyl sites for hydroxylation is 1. The van der Waals surface area contributed by atoms with Crippen molar-refractivity contribution in [2.24, 2.45) is 0 Å². The van der Waals surface area contributed by atoms with E-state index in [9.17, 15) is 18.0 Å². The van der Waals surface area contributed by atoms with E-state index in [0.29, 0.717) is 10.2 Å². The number of nitrogens with one attached hydrogen (secondary N) is 1. The van der Waals surface area contributed by atoms with Gasteiger partial charge in [0, 0.05) is 23.0 Å². The van der Waals surface area contributed by atoms with Crippen molar-refractivity contribution in [3.63, 3.8) is 0 Å². The molecule has 2 amide bonds. The molecule has 0 aliphatic carbocycles. The molecule has 0 bridgehead atoms. The summed E-state index contributed by atoms with van der Waals surface area (Å²) in [4.78, 5) is 29.3. The zero-order chi connectivity index (χ0) is 28.8. The molecule has 39 heavy (non-hydrogen) atoms. The lowest BCUT2D eigenvalue weighted by Crippen LogP contribution is -2.56. The van der Waals surface area contributed by atoms with Gasteiger partial charge in [-0.3, -0.25) is 13.9 Å². The highest BCUT2D eigenvalue weighted by atomic mass is 79.9. The van der Waals surface area contributed by atoms with Crippen LogP contribution in [0, 0.1) is 6.92 Å². The van der Waals surface area contributed by atoms with Gasteiger partial charge >= 0.3 is 0 Å². The molecule has 0 heterocycles. The summed E-state index contributed by atoms with van der Waals surface area (Å²) in [5, 5.41) is 3.02. The number of rotatable bonds is 10. The van der Waals surface area contributed by atoms with Crippen molar-refractivity contribution in [3.8, 4) is 0 Å². The maximum atomic E-state index is 14.1. The lowest BCUT2D eigenvalue weighted by atomic mass is 10.0. The monoisotopic (exact) mass is 613 g/mol. The first kappa shape index (κ1) is 30.4. The topological polar surface area (TPSA) is 86.8 Å². The third-order valence-electron chi connectivity index (χ3n) is 6.02. The Hall–Kier alpha value is -3.17. The molecule has 3 rings (SSSR count). The molecule has 0 fully saturated rings. The molecule has 7 nitrogen and oxygen atoms in total. The van der Waals surface area contributed by atoms with Crippen molar-refractivity contribution in [1.29, 1.82) is 0 Å². The fourth-order valence-electron chi connectivity index (χ4n) is 4.14. The molecule has 0 radical (unpaired) electrons. The molecule has 1 atom stereocenters. The number of carbonyl (C=O) groups excluding carboxylic acids is 2. The van der Waals surface area contributed by atoms with Crippen LogP contribution in [0.2, 0.25) is 0 Å². The predicted molar refractivity (Wildman–Crippen MR) is 160 cm³/mol. The molecule has 0 saturated carbocycles. The van der Waals surface area contributed by atoms with Crippen LogP contribution in [0.4, 0.5) is 5.69 Å². The summed E-state index contributed by atoms with van der Waals surface area (Å²) < 4.78 is 27.4. The fraction of sp³-hybridized carbons (Fsp3) is 0.333. The Morgan fingerprint density at radius 3 is 2.13 bits per heavy atom. The number of amides is 2. The number of halogens is 1. The van der Waals surface area contributed by atoms with Crippen molar-refractivity contribution in [2.75, 3.05) is 17.1 Å². The first-order chi connectivity index (χ1) is 18.2. The smallest absolute Gasteiger partial charge is 0.244 e. The highest BCUT2D eigenvalue weighted by Gasteiger charge is 2.34. The van der Waals surface area contributed by atoms with Crippen LogP contribution in [0.15, 0.2) is 83.3 Å². The van der Waals surface area contributed by atoms with Crippen LogP contribution >= 0.6 is 15.9 Å². The summed E-state index contributed by atoms with van der Waals surface area (Å²) in [7, 11) is -3.81. The summed E-state index contributed by atoms with van der Waals surface area (Å²) >= 11 is 3.38. The van der Waals surface area contributed by atoms with Gasteiger partial charge in [-0.2, -0.15) is 0 Å². The van der Waals surface area contributed by atoms with E-state index in [-0.39, 0.29) is 18.9 Å². The van der Waals surface area contributed by atoms with Crippen molar-refractivity contribution in [3.05, 3.63) is 100 Å². The standard InChI is InChI=1S/C30H36BrN3O4S/c1-22-14-16-24(17-15-22)20-33(27(29(36)32-30(2,3)4)18-23-10-7-6-8-11-23)28(35)21-34(39(5,37)38)26-13-9-12-25(31)19-26/h6-17,19,27H,18,20-21H2,1-5H3,(H,32,36)/t27-/m1/s1. The normalized spacial score (nSPS) is 12.5. The van der Waals surface area contributed by atoms with Gasteiger partial charge in [-0.15, -0.1) is 0 Å². The van der Waals surface area contributed by atoms with Gasteiger partial charge in [0.1, 0.15) is 12.6 Å². The van der Waals surface area contributed by atoms with E-state index in [0.717, 1.165) is 27.3 Å². The van der Waals surface area contributed by atoms with E-state index in [1.165, 1.54) is 4.90 Å². The number of hydrogen-bond donors (Lipinski definition) is 1. The lowest BCUT2D eigenvalue weighted by molar-refractivity contribution is -0.140. The van der Waals surface area contributed by atoms with Crippen molar-refractivity contribution in [1.82, 2.24) is 10.2 Å². The Bertz CT molecular complexity index is 1390. The summed E-state index contributed by atoms with van der Waals surface area (Å²) in [5.74, 6) is -0.786. The number of anilines is 1. The van der Waals surface area contributed by atoms with E-state index in [1.54, 1.807) is 24.3 Å². The van der Waals surface area contributed by atoms with Gasteiger partial charge in [0.25, 0.3) is 0 Å². The van der Waals surface area contributed by atoms with E-state index in [4.69, 9.17) is 0 Å². The molecule has 1 N–H and O–H groups in total. The second kappa shape index (κ2) is 12.8. The predicted octanol–water partition coefficient (Wildman–Crippen LogP) is 5.08. The SMILES string of the molecule is Cc1ccc(CN(C(=O)CN(c2cccc(Br)c2)S(C)(=O)=O)[C@H](Cc2ccccc2)C(=O)NC(C)(C)C)cc1. The van der Waals surface area contributed by atoms with Crippen molar-refractivity contribution >= 4 is 43.5 Å². The lowest BCUT2D eigenvalue weighted by Gasteiger charge is -2.35. The maximum absolute atomic E-state index is 14.1. The second-order valence-electron chi connectivity index (χ2n) is 10.7. The summed E-state index contributed by atoms with van der Waals surface area (Å²) in [6.45, 7) is 7.32. The molecule has 3 aromatic rings. The highest BCUT2D eigenvalue weighted by Crippen LogP contribution is 2.23. The molecule has 0 unspecified atom stereocenters. The van der Waals surface area contributed by atoms with Crippen LogP contribution in [0.25, 0.3) is 0 Å². The van der Waals surface area contributed by atoms with Crippen LogP contribution in [-0.4, -0.2) is 49.5 Å². The second-order valence-corrected chi connectivity index (χ2v) is 13.5. The molecule has 9 heteroatoms.